The first-order valence-electron chi connectivity index (χ1n) is 7.03. The number of aromatic nitrogens is 1. The molecular formula is C18H17NO2. The van der Waals surface area contributed by atoms with Gasteiger partial charge in [0.2, 0.25) is 0 Å². The van der Waals surface area contributed by atoms with Gasteiger partial charge in [0.05, 0.1) is 0 Å². The molecule has 3 heteroatoms. The summed E-state index contributed by atoms with van der Waals surface area (Å²) in [6.07, 6.45) is 1.74. The summed E-state index contributed by atoms with van der Waals surface area (Å²) in [5.41, 5.74) is 3.57. The minimum atomic E-state index is -0.908. The van der Waals surface area contributed by atoms with Crippen LogP contribution < -0.4 is 0 Å². The Bertz CT molecular complexity index is 797. The number of fused-ring (bicyclic) bond motifs is 1. The zero-order valence-electron chi connectivity index (χ0n) is 11.9. The van der Waals surface area contributed by atoms with Gasteiger partial charge in [-0.25, -0.2) is 4.79 Å². The van der Waals surface area contributed by atoms with Crippen molar-refractivity contribution >= 4 is 16.7 Å². The van der Waals surface area contributed by atoms with E-state index in [0.29, 0.717) is 0 Å². The Morgan fingerprint density at radius 1 is 1.05 bits per heavy atom. The Hall–Kier alpha value is -2.55. The Balaban J connectivity index is 1.85. The minimum absolute atomic E-state index is 0.264. The number of aromatic carboxylic acids is 1. The molecule has 0 unspecified atom stereocenters. The van der Waals surface area contributed by atoms with Crippen LogP contribution in [0.2, 0.25) is 0 Å². The second-order valence-corrected chi connectivity index (χ2v) is 5.28. The number of carboxylic acid groups (broad SMARTS) is 1. The molecule has 3 aromatic rings. The second kappa shape index (κ2) is 5.44. The van der Waals surface area contributed by atoms with Gasteiger partial charge >= 0.3 is 5.97 Å². The number of benzene rings is 2. The number of carboxylic acids is 1. The molecule has 1 heterocycles. The van der Waals surface area contributed by atoms with Crippen molar-refractivity contribution in [1.29, 1.82) is 0 Å². The Labute approximate surface area is 123 Å². The normalized spacial score (nSPS) is 10.9. The third kappa shape index (κ3) is 2.68. The van der Waals surface area contributed by atoms with Crippen molar-refractivity contribution in [2.45, 2.75) is 19.8 Å². The van der Waals surface area contributed by atoms with Gasteiger partial charge in [-0.2, -0.15) is 0 Å². The van der Waals surface area contributed by atoms with Crippen molar-refractivity contribution in [2.24, 2.45) is 0 Å². The third-order valence-corrected chi connectivity index (χ3v) is 3.90. The fraction of sp³-hybridized carbons (Fsp3) is 0.167. The smallest absolute Gasteiger partial charge is 0.352 e. The monoisotopic (exact) mass is 279 g/mol. The maximum Gasteiger partial charge on any atom is 0.352 e. The molecular weight excluding hydrogens is 262 g/mol. The van der Waals surface area contributed by atoms with E-state index < -0.39 is 5.97 Å². The highest BCUT2D eigenvalue weighted by Crippen LogP contribution is 2.21. The van der Waals surface area contributed by atoms with Crippen molar-refractivity contribution in [3.05, 3.63) is 71.0 Å². The largest absolute Gasteiger partial charge is 0.477 e. The first-order valence-corrected chi connectivity index (χ1v) is 7.03. The summed E-state index contributed by atoms with van der Waals surface area (Å²) in [6, 6.07) is 16.4. The molecule has 0 fully saturated rings. The van der Waals surface area contributed by atoms with Gasteiger partial charge in [-0.15, -0.1) is 0 Å². The molecule has 21 heavy (non-hydrogen) atoms. The maximum atomic E-state index is 11.0. The Morgan fingerprint density at radius 2 is 1.76 bits per heavy atom. The second-order valence-electron chi connectivity index (χ2n) is 5.28. The van der Waals surface area contributed by atoms with Gasteiger partial charge in [-0.05, 0) is 47.7 Å². The molecule has 0 aliphatic heterocycles. The summed E-state index contributed by atoms with van der Waals surface area (Å²) in [6.45, 7) is 1.92. The predicted molar refractivity (Wildman–Crippen MR) is 83.8 cm³/mol. The zero-order chi connectivity index (χ0) is 14.8. The predicted octanol–water partition coefficient (Wildman–Crippen LogP) is 3.96. The van der Waals surface area contributed by atoms with Crippen LogP contribution in [0.3, 0.4) is 0 Å². The highest BCUT2D eigenvalue weighted by atomic mass is 16.4. The first-order chi connectivity index (χ1) is 10.1. The number of H-pyrrole nitrogens is 1. The molecule has 106 valence electrons. The molecule has 1 aromatic heterocycles. The molecule has 3 rings (SSSR count). The topological polar surface area (TPSA) is 53.1 Å². The van der Waals surface area contributed by atoms with Gasteiger partial charge < -0.3 is 10.1 Å². The molecule has 3 nitrogen and oxygen atoms in total. The van der Waals surface area contributed by atoms with E-state index in [4.69, 9.17) is 5.11 Å². The van der Waals surface area contributed by atoms with Crippen LogP contribution in [-0.2, 0) is 12.8 Å². The molecule has 0 aliphatic rings. The van der Waals surface area contributed by atoms with Gasteiger partial charge in [-0.3, -0.25) is 0 Å². The number of carbonyl (C=O) groups is 1. The van der Waals surface area contributed by atoms with E-state index in [9.17, 15) is 4.79 Å². The number of hydrogen-bond acceptors (Lipinski definition) is 1. The van der Waals surface area contributed by atoms with Crippen molar-refractivity contribution in [3.63, 3.8) is 0 Å². The summed E-state index contributed by atoms with van der Waals surface area (Å²) >= 11 is 0. The van der Waals surface area contributed by atoms with Gasteiger partial charge in [0.15, 0.2) is 0 Å². The Morgan fingerprint density at radius 3 is 2.52 bits per heavy atom. The highest BCUT2D eigenvalue weighted by Gasteiger charge is 2.10. The standard InChI is InChI=1S/C18H17NO2/c1-12-15(11-17(19-12)18(20)21)10-9-14-7-4-6-13-5-2-3-8-16(13)14/h2-8,11,19H,9-10H2,1H3,(H,20,21). The van der Waals surface area contributed by atoms with Gasteiger partial charge in [0.25, 0.3) is 0 Å². The highest BCUT2D eigenvalue weighted by molar-refractivity contribution is 5.86. The van der Waals surface area contributed by atoms with Crippen LogP contribution >= 0.6 is 0 Å². The van der Waals surface area contributed by atoms with E-state index in [-0.39, 0.29) is 5.69 Å². The van der Waals surface area contributed by atoms with Gasteiger partial charge in [0, 0.05) is 5.69 Å². The quantitative estimate of drug-likeness (QED) is 0.759. The lowest BCUT2D eigenvalue weighted by Gasteiger charge is -2.06. The van der Waals surface area contributed by atoms with Gasteiger partial charge in [-0.1, -0.05) is 42.5 Å². The van der Waals surface area contributed by atoms with Crippen LogP contribution in [0.1, 0.15) is 27.3 Å². The lowest BCUT2D eigenvalue weighted by atomic mass is 9.99. The lowest BCUT2D eigenvalue weighted by Crippen LogP contribution is -1.95. The van der Waals surface area contributed by atoms with Crippen LogP contribution in [0, 0.1) is 6.92 Å². The van der Waals surface area contributed by atoms with Crippen molar-refractivity contribution in [2.75, 3.05) is 0 Å². The van der Waals surface area contributed by atoms with Crippen molar-refractivity contribution in [1.82, 2.24) is 4.98 Å². The molecule has 0 saturated carbocycles. The summed E-state index contributed by atoms with van der Waals surface area (Å²) < 4.78 is 0. The van der Waals surface area contributed by atoms with Crippen molar-refractivity contribution < 1.29 is 9.90 Å². The summed E-state index contributed by atoms with van der Waals surface area (Å²) in [4.78, 5) is 13.9. The van der Waals surface area contributed by atoms with E-state index in [1.165, 1.54) is 16.3 Å². The SMILES string of the molecule is Cc1[nH]c(C(=O)O)cc1CCc1cccc2ccccc12. The third-order valence-electron chi connectivity index (χ3n) is 3.90. The van der Waals surface area contributed by atoms with Crippen LogP contribution in [0.4, 0.5) is 0 Å². The Kier molecular flexibility index (Phi) is 3.48. The number of aromatic amines is 1. The number of hydrogen-bond donors (Lipinski definition) is 2. The van der Waals surface area contributed by atoms with E-state index in [1.54, 1.807) is 6.07 Å². The zero-order valence-corrected chi connectivity index (χ0v) is 11.9. The average molecular weight is 279 g/mol. The first kappa shape index (κ1) is 13.4. The summed E-state index contributed by atoms with van der Waals surface area (Å²) in [7, 11) is 0. The summed E-state index contributed by atoms with van der Waals surface area (Å²) in [5.74, 6) is -0.908. The fourth-order valence-electron chi connectivity index (χ4n) is 2.76. The molecule has 0 aliphatic carbocycles. The fourth-order valence-corrected chi connectivity index (χ4v) is 2.76. The molecule has 0 radical (unpaired) electrons. The number of aryl methyl sites for hydroxylation is 3. The van der Waals surface area contributed by atoms with Gasteiger partial charge in [0.1, 0.15) is 5.69 Å². The molecule has 0 atom stereocenters. The van der Waals surface area contributed by atoms with Crippen LogP contribution in [-0.4, -0.2) is 16.1 Å². The van der Waals surface area contributed by atoms with E-state index in [2.05, 4.69) is 41.4 Å². The van der Waals surface area contributed by atoms with E-state index in [1.807, 2.05) is 13.0 Å². The maximum absolute atomic E-state index is 11.0. The molecule has 0 saturated heterocycles. The van der Waals surface area contributed by atoms with Crippen LogP contribution in [0.25, 0.3) is 10.8 Å². The van der Waals surface area contributed by atoms with Crippen molar-refractivity contribution in [3.8, 4) is 0 Å². The molecule has 0 bridgehead atoms. The van der Waals surface area contributed by atoms with E-state index in [0.717, 1.165) is 24.1 Å². The summed E-state index contributed by atoms with van der Waals surface area (Å²) in [5, 5.41) is 11.5. The minimum Gasteiger partial charge on any atom is -0.477 e. The molecule has 2 N–H and O–H groups in total. The number of nitrogens with one attached hydrogen (secondary N) is 1. The number of rotatable bonds is 4. The average Bonchev–Trinajstić information content (AvgIpc) is 2.86. The molecule has 0 spiro atoms. The lowest BCUT2D eigenvalue weighted by molar-refractivity contribution is 0.0691. The van der Waals surface area contributed by atoms with E-state index >= 15 is 0 Å². The van der Waals surface area contributed by atoms with Crippen LogP contribution in [0.15, 0.2) is 48.5 Å². The molecule has 2 aromatic carbocycles. The van der Waals surface area contributed by atoms with Crippen LogP contribution in [0.5, 0.6) is 0 Å². The molecule has 0 amide bonds.